The molecule has 0 bridgehead atoms. The Hall–Kier alpha value is -2.86. The molecule has 0 amide bonds. The van der Waals surface area contributed by atoms with Crippen LogP contribution in [-0.4, -0.2) is 0 Å². The van der Waals surface area contributed by atoms with Crippen LogP contribution in [0.2, 0.25) is 0 Å². The average Bonchev–Trinajstić information content (AvgIpc) is 2.89. The maximum Gasteiger partial charge on any atom is 0.0124 e. The van der Waals surface area contributed by atoms with Crippen molar-refractivity contribution in [1.29, 1.82) is 0 Å². The Kier molecular flexibility index (Phi) is 6.68. The SMILES string of the molecule is C1=CCCC(C=CC2=CC(C3CC=CC=C3C3=CC=C(C4=CC=CCC4)CC3)=CCC2)=C1. The van der Waals surface area contributed by atoms with Crippen LogP contribution in [0, 0.1) is 5.92 Å². The molecule has 0 heterocycles. The Morgan fingerprint density at radius 1 is 0.594 bits per heavy atom. The standard InChI is InChI=1S/C32H34/c1-3-10-25(11-4-1)18-19-26-12-9-15-30(24-26)32-17-8-7-16-31(32)29-22-20-28(21-23-29)27-13-5-2-6-14-27/h1-3,5,7-8,10,13,15-16,18-20,22,24,32H,4,6,9,11-12,14,17,21,23H2. The van der Waals surface area contributed by atoms with Crippen molar-refractivity contribution >= 4 is 0 Å². The number of rotatable bonds is 5. The topological polar surface area (TPSA) is 0 Å². The molecule has 0 spiro atoms. The predicted octanol–water partition coefficient (Wildman–Crippen LogP) is 8.89. The van der Waals surface area contributed by atoms with Gasteiger partial charge in [0.05, 0.1) is 0 Å². The van der Waals surface area contributed by atoms with Crippen LogP contribution in [-0.2, 0) is 0 Å². The summed E-state index contributed by atoms with van der Waals surface area (Å²) >= 11 is 0. The average molecular weight is 419 g/mol. The molecule has 0 aromatic carbocycles. The summed E-state index contributed by atoms with van der Waals surface area (Å²) in [7, 11) is 0. The van der Waals surface area contributed by atoms with E-state index < -0.39 is 0 Å². The highest BCUT2D eigenvalue weighted by atomic mass is 14.3. The molecule has 5 aliphatic carbocycles. The minimum atomic E-state index is 0.499. The van der Waals surface area contributed by atoms with Gasteiger partial charge in [-0.3, -0.25) is 0 Å². The van der Waals surface area contributed by atoms with Crippen molar-refractivity contribution in [1.82, 2.24) is 0 Å². The second kappa shape index (κ2) is 10.2. The maximum absolute atomic E-state index is 2.49. The summed E-state index contributed by atoms with van der Waals surface area (Å²) in [6, 6.07) is 0. The lowest BCUT2D eigenvalue weighted by Crippen LogP contribution is -2.13. The van der Waals surface area contributed by atoms with E-state index in [4.69, 9.17) is 0 Å². The lowest BCUT2D eigenvalue weighted by molar-refractivity contribution is 0.710. The summed E-state index contributed by atoms with van der Waals surface area (Å²) in [4.78, 5) is 0. The highest BCUT2D eigenvalue weighted by Gasteiger charge is 2.24. The molecular weight excluding hydrogens is 384 g/mol. The molecule has 0 aromatic heterocycles. The van der Waals surface area contributed by atoms with Crippen molar-refractivity contribution in [3.8, 4) is 0 Å². The van der Waals surface area contributed by atoms with Gasteiger partial charge in [-0.05, 0) is 96.8 Å². The van der Waals surface area contributed by atoms with E-state index in [0.29, 0.717) is 5.92 Å². The molecule has 1 unspecified atom stereocenters. The highest BCUT2D eigenvalue weighted by Crippen LogP contribution is 2.40. The molecule has 0 heteroatoms. The Labute approximate surface area is 193 Å². The van der Waals surface area contributed by atoms with Crippen molar-refractivity contribution < 1.29 is 0 Å². The normalized spacial score (nSPS) is 25.5. The van der Waals surface area contributed by atoms with Gasteiger partial charge in [0.25, 0.3) is 0 Å². The molecule has 0 radical (unpaired) electrons. The van der Waals surface area contributed by atoms with Crippen LogP contribution in [0.15, 0.2) is 130 Å². The maximum atomic E-state index is 2.49. The van der Waals surface area contributed by atoms with Crippen LogP contribution in [0.1, 0.15) is 57.8 Å². The van der Waals surface area contributed by atoms with Crippen LogP contribution in [0.5, 0.6) is 0 Å². The van der Waals surface area contributed by atoms with Gasteiger partial charge in [-0.25, -0.2) is 0 Å². The summed E-state index contributed by atoms with van der Waals surface area (Å²) in [5, 5.41) is 0. The predicted molar refractivity (Wildman–Crippen MR) is 138 cm³/mol. The van der Waals surface area contributed by atoms with Crippen molar-refractivity contribution in [2.24, 2.45) is 5.92 Å². The van der Waals surface area contributed by atoms with Gasteiger partial charge in [-0.1, -0.05) is 91.1 Å². The first-order valence-electron chi connectivity index (χ1n) is 12.4. The smallest absolute Gasteiger partial charge is 0.0124 e. The summed E-state index contributed by atoms with van der Waals surface area (Å²) in [5.74, 6) is 0.499. The van der Waals surface area contributed by atoms with Crippen molar-refractivity contribution in [3.63, 3.8) is 0 Å². The van der Waals surface area contributed by atoms with Crippen LogP contribution in [0.25, 0.3) is 0 Å². The quantitative estimate of drug-likeness (QED) is 0.418. The summed E-state index contributed by atoms with van der Waals surface area (Å²) in [5.41, 5.74) is 10.6. The molecule has 0 saturated heterocycles. The number of hydrogen-bond acceptors (Lipinski definition) is 0. The van der Waals surface area contributed by atoms with Crippen LogP contribution in [0.4, 0.5) is 0 Å². The zero-order chi connectivity index (χ0) is 21.6. The van der Waals surface area contributed by atoms with Crippen molar-refractivity contribution in [3.05, 3.63) is 130 Å². The Bertz CT molecular complexity index is 1080. The first-order valence-corrected chi connectivity index (χ1v) is 12.4. The van der Waals surface area contributed by atoms with Gasteiger partial charge in [0, 0.05) is 5.92 Å². The highest BCUT2D eigenvalue weighted by molar-refractivity contribution is 5.52. The number of allylic oxidation sites excluding steroid dienone is 22. The van der Waals surface area contributed by atoms with Gasteiger partial charge in [-0.2, -0.15) is 0 Å². The molecular formula is C32H34. The second-order valence-electron chi connectivity index (χ2n) is 9.38. The molecule has 0 saturated carbocycles. The van der Waals surface area contributed by atoms with Crippen LogP contribution < -0.4 is 0 Å². The van der Waals surface area contributed by atoms with Crippen LogP contribution >= 0.6 is 0 Å². The Morgan fingerprint density at radius 2 is 1.31 bits per heavy atom. The number of hydrogen-bond donors (Lipinski definition) is 0. The van der Waals surface area contributed by atoms with E-state index in [-0.39, 0.29) is 0 Å². The largest absolute Gasteiger partial charge is 0.0842 e. The molecule has 0 N–H and O–H groups in total. The Morgan fingerprint density at radius 3 is 2.09 bits per heavy atom. The molecule has 0 aliphatic heterocycles. The molecule has 1 atom stereocenters. The molecule has 0 aromatic rings. The van der Waals surface area contributed by atoms with Crippen molar-refractivity contribution in [2.45, 2.75) is 57.8 Å². The monoisotopic (exact) mass is 418 g/mol. The molecule has 0 nitrogen and oxygen atoms in total. The van der Waals surface area contributed by atoms with Gasteiger partial charge in [0.2, 0.25) is 0 Å². The summed E-state index contributed by atoms with van der Waals surface area (Å²) < 4.78 is 0. The second-order valence-corrected chi connectivity index (χ2v) is 9.38. The zero-order valence-electron chi connectivity index (χ0n) is 19.1. The lowest BCUT2D eigenvalue weighted by Gasteiger charge is -2.29. The van der Waals surface area contributed by atoms with Gasteiger partial charge < -0.3 is 0 Å². The summed E-state index contributed by atoms with van der Waals surface area (Å²) in [6.45, 7) is 0. The van der Waals surface area contributed by atoms with Crippen LogP contribution in [0.3, 0.4) is 0 Å². The van der Waals surface area contributed by atoms with E-state index in [2.05, 4.69) is 91.1 Å². The first-order chi connectivity index (χ1) is 15.9. The lowest BCUT2D eigenvalue weighted by atomic mass is 9.76. The molecule has 162 valence electrons. The van der Waals surface area contributed by atoms with E-state index in [9.17, 15) is 0 Å². The fourth-order valence-corrected chi connectivity index (χ4v) is 5.39. The molecule has 0 fully saturated rings. The van der Waals surface area contributed by atoms with E-state index in [0.717, 1.165) is 25.7 Å². The fourth-order valence-electron chi connectivity index (χ4n) is 5.39. The van der Waals surface area contributed by atoms with Gasteiger partial charge >= 0.3 is 0 Å². The fraction of sp³-hybridized carbons (Fsp3) is 0.312. The third kappa shape index (κ3) is 4.96. The molecule has 5 rings (SSSR count). The molecule has 32 heavy (non-hydrogen) atoms. The van der Waals surface area contributed by atoms with Gasteiger partial charge in [0.1, 0.15) is 0 Å². The minimum absolute atomic E-state index is 0.499. The minimum Gasteiger partial charge on any atom is -0.0842 e. The summed E-state index contributed by atoms with van der Waals surface area (Å²) in [6.07, 6.45) is 45.4. The molecule has 5 aliphatic rings. The third-order valence-corrected chi connectivity index (χ3v) is 7.23. The van der Waals surface area contributed by atoms with E-state index in [1.165, 1.54) is 71.1 Å². The van der Waals surface area contributed by atoms with E-state index in [1.807, 2.05) is 0 Å². The zero-order valence-corrected chi connectivity index (χ0v) is 19.1. The van der Waals surface area contributed by atoms with Gasteiger partial charge in [0.15, 0.2) is 0 Å². The van der Waals surface area contributed by atoms with E-state index >= 15 is 0 Å². The first kappa shape index (κ1) is 21.0. The van der Waals surface area contributed by atoms with E-state index in [1.54, 1.807) is 0 Å². The van der Waals surface area contributed by atoms with Gasteiger partial charge in [-0.15, -0.1) is 0 Å². The van der Waals surface area contributed by atoms with Crippen molar-refractivity contribution in [2.75, 3.05) is 0 Å². The third-order valence-electron chi connectivity index (χ3n) is 7.23. The Balaban J connectivity index is 1.34.